The minimum Gasteiger partial charge on any atom is -0.353 e. The second kappa shape index (κ2) is 7.28. The zero-order chi connectivity index (χ0) is 20.0. The van der Waals surface area contributed by atoms with Crippen molar-refractivity contribution in [2.24, 2.45) is 7.05 Å². The predicted molar refractivity (Wildman–Crippen MR) is 118 cm³/mol. The number of likely N-dealkylation sites (tertiary alicyclic amines) is 1. The number of benzene rings is 1. The molecule has 1 aliphatic rings. The van der Waals surface area contributed by atoms with Crippen LogP contribution in [-0.2, 0) is 7.05 Å². The van der Waals surface area contributed by atoms with Crippen molar-refractivity contribution in [2.45, 2.75) is 31.8 Å². The number of nitrogens with zero attached hydrogens (tertiary/aromatic N) is 3. The number of hydrogen-bond acceptors (Lipinski definition) is 4. The van der Waals surface area contributed by atoms with E-state index in [0.29, 0.717) is 11.4 Å². The van der Waals surface area contributed by atoms with Crippen LogP contribution in [0, 0.1) is 0 Å². The minimum atomic E-state index is -0.0495. The third-order valence-electron chi connectivity index (χ3n) is 6.06. The summed E-state index contributed by atoms with van der Waals surface area (Å²) in [6.07, 6.45) is 4.38. The van der Waals surface area contributed by atoms with E-state index in [2.05, 4.69) is 46.8 Å². The number of H-pyrrole nitrogens is 1. The van der Waals surface area contributed by atoms with Crippen LogP contribution in [0.2, 0.25) is 0 Å². The molecule has 0 aliphatic carbocycles. The molecular formula is C23H24N4OS. The van der Waals surface area contributed by atoms with Crippen molar-refractivity contribution in [3.05, 3.63) is 75.9 Å². The van der Waals surface area contributed by atoms with Gasteiger partial charge in [0.25, 0.3) is 5.56 Å². The fourth-order valence-electron chi connectivity index (χ4n) is 4.54. The van der Waals surface area contributed by atoms with Gasteiger partial charge >= 0.3 is 0 Å². The summed E-state index contributed by atoms with van der Waals surface area (Å²) in [6, 6.07) is 14.7. The van der Waals surface area contributed by atoms with Gasteiger partial charge in [0, 0.05) is 29.9 Å². The van der Waals surface area contributed by atoms with E-state index in [1.165, 1.54) is 5.69 Å². The molecule has 0 bridgehead atoms. The number of nitrogens with one attached hydrogen (secondary N) is 1. The van der Waals surface area contributed by atoms with Gasteiger partial charge in [0.05, 0.1) is 17.5 Å². The maximum Gasteiger partial charge on any atom is 0.260 e. The summed E-state index contributed by atoms with van der Waals surface area (Å²) in [5.74, 6) is 0.755. The van der Waals surface area contributed by atoms with Crippen LogP contribution in [-0.4, -0.2) is 26.0 Å². The minimum absolute atomic E-state index is 0.0495. The smallest absolute Gasteiger partial charge is 0.260 e. The quantitative estimate of drug-likeness (QED) is 0.527. The topological polar surface area (TPSA) is 53.9 Å². The van der Waals surface area contributed by atoms with Gasteiger partial charge in [-0.05, 0) is 44.0 Å². The van der Waals surface area contributed by atoms with Crippen LogP contribution in [0.3, 0.4) is 0 Å². The van der Waals surface area contributed by atoms with Crippen LogP contribution in [0.1, 0.15) is 43.4 Å². The SMILES string of the molecule is C[C@@H](c1nc2scc(-c3ccccc3)c2c(=O)[nH]1)N1CCC[C@@H]1c1cccn1C. The lowest BCUT2D eigenvalue weighted by Gasteiger charge is -2.30. The van der Waals surface area contributed by atoms with Crippen LogP contribution in [0.5, 0.6) is 0 Å². The van der Waals surface area contributed by atoms with Gasteiger partial charge in [-0.1, -0.05) is 30.3 Å². The average Bonchev–Trinajstić information content (AvgIpc) is 3.47. The molecule has 1 saturated heterocycles. The summed E-state index contributed by atoms with van der Waals surface area (Å²) in [4.78, 5) is 24.3. The number of fused-ring (bicyclic) bond motifs is 1. The fraction of sp³-hybridized carbons (Fsp3) is 0.304. The molecule has 29 heavy (non-hydrogen) atoms. The summed E-state index contributed by atoms with van der Waals surface area (Å²) in [7, 11) is 2.10. The molecular weight excluding hydrogens is 380 g/mol. The maximum atomic E-state index is 13.0. The molecule has 6 heteroatoms. The van der Waals surface area contributed by atoms with E-state index in [4.69, 9.17) is 4.98 Å². The van der Waals surface area contributed by atoms with Crippen molar-refractivity contribution in [2.75, 3.05) is 6.54 Å². The van der Waals surface area contributed by atoms with Crippen molar-refractivity contribution in [3.8, 4) is 11.1 Å². The lowest BCUT2D eigenvalue weighted by molar-refractivity contribution is 0.181. The number of aromatic amines is 1. The summed E-state index contributed by atoms with van der Waals surface area (Å²) in [5.41, 5.74) is 3.28. The molecule has 4 heterocycles. The largest absolute Gasteiger partial charge is 0.353 e. The normalized spacial score (nSPS) is 18.5. The first-order valence-corrected chi connectivity index (χ1v) is 11.0. The van der Waals surface area contributed by atoms with Crippen LogP contribution >= 0.6 is 11.3 Å². The molecule has 1 aromatic carbocycles. The molecule has 0 radical (unpaired) electrons. The Kier molecular flexibility index (Phi) is 4.60. The first-order chi connectivity index (χ1) is 14.1. The lowest BCUT2D eigenvalue weighted by Crippen LogP contribution is -2.30. The van der Waals surface area contributed by atoms with Crippen molar-refractivity contribution >= 4 is 21.6 Å². The van der Waals surface area contributed by atoms with Crippen LogP contribution < -0.4 is 5.56 Å². The number of hydrogen-bond donors (Lipinski definition) is 1. The lowest BCUT2D eigenvalue weighted by atomic mass is 10.1. The monoisotopic (exact) mass is 404 g/mol. The first-order valence-electron chi connectivity index (χ1n) is 10.1. The highest BCUT2D eigenvalue weighted by Crippen LogP contribution is 2.38. The van der Waals surface area contributed by atoms with Gasteiger partial charge < -0.3 is 9.55 Å². The summed E-state index contributed by atoms with van der Waals surface area (Å²) in [6.45, 7) is 3.16. The molecule has 0 saturated carbocycles. The van der Waals surface area contributed by atoms with Gasteiger partial charge in [-0.3, -0.25) is 9.69 Å². The molecule has 0 amide bonds. The summed E-state index contributed by atoms with van der Waals surface area (Å²) in [5, 5.41) is 2.73. The zero-order valence-corrected chi connectivity index (χ0v) is 17.4. The van der Waals surface area contributed by atoms with Crippen LogP contribution in [0.25, 0.3) is 21.3 Å². The van der Waals surface area contributed by atoms with E-state index in [0.717, 1.165) is 41.2 Å². The molecule has 4 aromatic rings. The van der Waals surface area contributed by atoms with Gasteiger partial charge in [0.1, 0.15) is 10.7 Å². The number of rotatable bonds is 4. The van der Waals surface area contributed by atoms with E-state index >= 15 is 0 Å². The molecule has 2 atom stereocenters. The Labute approximate surface area is 173 Å². The zero-order valence-electron chi connectivity index (χ0n) is 16.6. The van der Waals surface area contributed by atoms with Gasteiger partial charge in [-0.25, -0.2) is 4.98 Å². The second-order valence-corrected chi connectivity index (χ2v) is 8.62. The number of aromatic nitrogens is 3. The molecule has 3 aromatic heterocycles. The van der Waals surface area contributed by atoms with Crippen molar-refractivity contribution in [1.82, 2.24) is 19.4 Å². The third kappa shape index (κ3) is 3.12. The Bertz CT molecular complexity index is 1210. The Hall–Kier alpha value is -2.70. The highest BCUT2D eigenvalue weighted by molar-refractivity contribution is 7.17. The molecule has 0 unspecified atom stereocenters. The first kappa shape index (κ1) is 18.3. The molecule has 0 spiro atoms. The van der Waals surface area contributed by atoms with Crippen molar-refractivity contribution in [1.29, 1.82) is 0 Å². The summed E-state index contributed by atoms with van der Waals surface area (Å²) >= 11 is 1.54. The third-order valence-corrected chi connectivity index (χ3v) is 6.93. The molecule has 148 valence electrons. The predicted octanol–water partition coefficient (Wildman–Crippen LogP) is 4.89. The van der Waals surface area contributed by atoms with E-state index in [9.17, 15) is 4.79 Å². The molecule has 5 nitrogen and oxygen atoms in total. The Balaban J connectivity index is 1.52. The number of aryl methyl sites for hydroxylation is 1. The molecule has 1 aliphatic heterocycles. The van der Waals surface area contributed by atoms with Crippen molar-refractivity contribution < 1.29 is 0 Å². The van der Waals surface area contributed by atoms with Crippen LogP contribution in [0.4, 0.5) is 0 Å². The highest BCUT2D eigenvalue weighted by atomic mass is 32.1. The van der Waals surface area contributed by atoms with Gasteiger partial charge in [0.2, 0.25) is 0 Å². The number of thiophene rings is 1. The second-order valence-electron chi connectivity index (χ2n) is 7.76. The molecule has 5 rings (SSSR count). The Morgan fingerprint density at radius 2 is 2.03 bits per heavy atom. The van der Waals surface area contributed by atoms with E-state index in [-0.39, 0.29) is 11.6 Å². The Morgan fingerprint density at radius 1 is 1.21 bits per heavy atom. The van der Waals surface area contributed by atoms with Crippen molar-refractivity contribution in [3.63, 3.8) is 0 Å². The molecule has 1 fully saturated rings. The maximum absolute atomic E-state index is 13.0. The van der Waals surface area contributed by atoms with E-state index < -0.39 is 0 Å². The molecule has 1 N–H and O–H groups in total. The summed E-state index contributed by atoms with van der Waals surface area (Å²) < 4.78 is 2.19. The Morgan fingerprint density at radius 3 is 2.79 bits per heavy atom. The average molecular weight is 405 g/mol. The highest BCUT2D eigenvalue weighted by Gasteiger charge is 2.33. The van der Waals surface area contributed by atoms with Gasteiger partial charge in [-0.2, -0.15) is 0 Å². The van der Waals surface area contributed by atoms with Gasteiger partial charge in [-0.15, -0.1) is 11.3 Å². The fourth-order valence-corrected chi connectivity index (χ4v) is 5.50. The van der Waals surface area contributed by atoms with Crippen LogP contribution in [0.15, 0.2) is 58.8 Å². The van der Waals surface area contributed by atoms with Gasteiger partial charge in [0.15, 0.2) is 0 Å². The van der Waals surface area contributed by atoms with E-state index in [1.54, 1.807) is 11.3 Å². The van der Waals surface area contributed by atoms with E-state index in [1.807, 2.05) is 35.7 Å². The standard InChI is InChI=1S/C23H24N4OS/c1-15(27-13-7-11-19(27)18-10-6-12-26(18)2)21-24-22(28)20-17(14-29-23(20)25-21)16-8-4-3-5-9-16/h3-6,8-10,12,14-15,19H,7,11,13H2,1-2H3,(H,24,25,28)/t15-,19+/m0/s1.